The Morgan fingerprint density at radius 2 is 2.04 bits per heavy atom. The van der Waals surface area contributed by atoms with E-state index in [1.165, 1.54) is 11.6 Å². The van der Waals surface area contributed by atoms with E-state index in [1.54, 1.807) is 30.7 Å². The van der Waals surface area contributed by atoms with Crippen molar-refractivity contribution < 1.29 is 14.3 Å². The third-order valence-corrected chi connectivity index (χ3v) is 4.57. The standard InChI is InChI=1S/C21H18ClN3O3/c22-18-9-17(10-19-21(18)28-14-27-19)5-6-20(26)24-11-15-1-3-16(4-2-15)12-25-8-7-23-13-25/h1-10,13H,11-12,14H2,(H,24,26)/b6-5+. The Morgan fingerprint density at radius 3 is 2.82 bits per heavy atom. The van der Waals surface area contributed by atoms with Gasteiger partial charge in [0.2, 0.25) is 12.7 Å². The molecule has 1 aliphatic rings. The van der Waals surface area contributed by atoms with E-state index in [1.807, 2.05) is 35.0 Å². The molecular formula is C21H18ClN3O3. The number of nitrogens with one attached hydrogen (secondary N) is 1. The SMILES string of the molecule is O=C(/C=C/c1cc(Cl)c2c(c1)OCO2)NCc1ccc(Cn2ccnc2)cc1. The lowest BCUT2D eigenvalue weighted by atomic mass is 10.1. The molecule has 1 aromatic heterocycles. The summed E-state index contributed by atoms with van der Waals surface area (Å²) in [5.74, 6) is 0.944. The number of fused-ring (bicyclic) bond motifs is 1. The minimum Gasteiger partial charge on any atom is -0.454 e. The second kappa shape index (κ2) is 8.19. The van der Waals surface area contributed by atoms with Crippen molar-refractivity contribution in [3.8, 4) is 11.5 Å². The lowest BCUT2D eigenvalue weighted by Crippen LogP contribution is -2.20. The topological polar surface area (TPSA) is 65.4 Å². The molecule has 0 radical (unpaired) electrons. The van der Waals surface area contributed by atoms with Crippen LogP contribution in [0.25, 0.3) is 6.08 Å². The lowest BCUT2D eigenvalue weighted by Gasteiger charge is -2.06. The Labute approximate surface area is 167 Å². The quantitative estimate of drug-likeness (QED) is 0.647. The highest BCUT2D eigenvalue weighted by Gasteiger charge is 2.17. The Morgan fingerprint density at radius 1 is 1.21 bits per heavy atom. The van der Waals surface area contributed by atoms with Crippen LogP contribution in [-0.4, -0.2) is 22.3 Å². The molecule has 4 rings (SSSR count). The minimum atomic E-state index is -0.184. The number of benzene rings is 2. The lowest BCUT2D eigenvalue weighted by molar-refractivity contribution is -0.116. The average molecular weight is 396 g/mol. The van der Waals surface area contributed by atoms with Crippen molar-refractivity contribution in [3.05, 3.63) is 82.9 Å². The number of carbonyl (C=O) groups is 1. The number of amides is 1. The van der Waals surface area contributed by atoms with Crippen LogP contribution in [0.15, 0.2) is 61.2 Å². The van der Waals surface area contributed by atoms with Crippen LogP contribution in [0.4, 0.5) is 0 Å². The number of halogens is 1. The van der Waals surface area contributed by atoms with Crippen LogP contribution >= 0.6 is 11.6 Å². The van der Waals surface area contributed by atoms with Crippen molar-refractivity contribution in [1.82, 2.24) is 14.9 Å². The zero-order chi connectivity index (χ0) is 19.3. The summed E-state index contributed by atoms with van der Waals surface area (Å²) in [5, 5.41) is 3.34. The minimum absolute atomic E-state index is 0.157. The smallest absolute Gasteiger partial charge is 0.244 e. The summed E-state index contributed by atoms with van der Waals surface area (Å²) in [4.78, 5) is 16.1. The fourth-order valence-electron chi connectivity index (χ4n) is 2.86. The maximum atomic E-state index is 12.1. The summed E-state index contributed by atoms with van der Waals surface area (Å²) < 4.78 is 12.6. The number of imidazole rings is 1. The van der Waals surface area contributed by atoms with Crippen LogP contribution < -0.4 is 14.8 Å². The van der Waals surface area contributed by atoms with Crippen molar-refractivity contribution in [3.63, 3.8) is 0 Å². The van der Waals surface area contributed by atoms with Gasteiger partial charge in [-0.3, -0.25) is 4.79 Å². The number of nitrogens with zero attached hydrogens (tertiary/aromatic N) is 2. The van der Waals surface area contributed by atoms with Gasteiger partial charge >= 0.3 is 0 Å². The molecule has 6 nitrogen and oxygen atoms in total. The number of rotatable bonds is 6. The normalized spacial score (nSPS) is 12.5. The zero-order valence-corrected chi connectivity index (χ0v) is 15.7. The molecule has 3 aromatic rings. The Balaban J connectivity index is 1.31. The Hall–Kier alpha value is -3.25. The molecule has 2 heterocycles. The summed E-state index contributed by atoms with van der Waals surface area (Å²) >= 11 is 6.14. The highest BCUT2D eigenvalue weighted by molar-refractivity contribution is 6.32. The van der Waals surface area contributed by atoms with Crippen LogP contribution in [0.2, 0.25) is 5.02 Å². The molecule has 0 fully saturated rings. The number of carbonyl (C=O) groups excluding carboxylic acids is 1. The molecule has 1 aliphatic heterocycles. The summed E-state index contributed by atoms with van der Waals surface area (Å²) in [6.07, 6.45) is 8.63. The van der Waals surface area contributed by atoms with Crippen molar-refractivity contribution in [2.45, 2.75) is 13.1 Å². The van der Waals surface area contributed by atoms with Crippen molar-refractivity contribution in [1.29, 1.82) is 0 Å². The molecule has 28 heavy (non-hydrogen) atoms. The predicted octanol–water partition coefficient (Wildman–Crippen LogP) is 3.64. The molecule has 0 unspecified atom stereocenters. The van der Waals surface area contributed by atoms with E-state index in [0.717, 1.165) is 17.7 Å². The van der Waals surface area contributed by atoms with E-state index < -0.39 is 0 Å². The van der Waals surface area contributed by atoms with Crippen LogP contribution in [0.3, 0.4) is 0 Å². The summed E-state index contributed by atoms with van der Waals surface area (Å²) in [6.45, 7) is 1.38. The second-order valence-electron chi connectivity index (χ2n) is 6.34. The first-order valence-corrected chi connectivity index (χ1v) is 9.14. The van der Waals surface area contributed by atoms with Gasteiger partial charge in [-0.2, -0.15) is 0 Å². The predicted molar refractivity (Wildman–Crippen MR) is 106 cm³/mol. The molecule has 142 valence electrons. The maximum absolute atomic E-state index is 12.1. The van der Waals surface area contributed by atoms with E-state index in [-0.39, 0.29) is 12.7 Å². The molecule has 0 bridgehead atoms. The van der Waals surface area contributed by atoms with Gasteiger partial charge in [0, 0.05) is 31.6 Å². The highest BCUT2D eigenvalue weighted by Crippen LogP contribution is 2.40. The number of hydrogen-bond donors (Lipinski definition) is 1. The van der Waals surface area contributed by atoms with Crippen LogP contribution in [0.5, 0.6) is 11.5 Å². The Kier molecular flexibility index (Phi) is 5.30. The number of hydrogen-bond acceptors (Lipinski definition) is 4. The second-order valence-corrected chi connectivity index (χ2v) is 6.75. The molecule has 1 N–H and O–H groups in total. The van der Waals surface area contributed by atoms with E-state index >= 15 is 0 Å². The van der Waals surface area contributed by atoms with Gasteiger partial charge in [0.1, 0.15) is 0 Å². The monoisotopic (exact) mass is 395 g/mol. The van der Waals surface area contributed by atoms with Crippen LogP contribution in [0, 0.1) is 0 Å². The molecular weight excluding hydrogens is 378 g/mol. The molecule has 0 atom stereocenters. The van der Waals surface area contributed by atoms with Gasteiger partial charge in [0.05, 0.1) is 11.3 Å². The molecule has 0 saturated heterocycles. The van der Waals surface area contributed by atoms with Gasteiger partial charge in [-0.05, 0) is 34.9 Å². The van der Waals surface area contributed by atoms with Gasteiger partial charge in [-0.25, -0.2) is 4.98 Å². The van der Waals surface area contributed by atoms with Gasteiger partial charge in [0.25, 0.3) is 0 Å². The van der Waals surface area contributed by atoms with Crippen molar-refractivity contribution in [2.75, 3.05) is 6.79 Å². The van der Waals surface area contributed by atoms with E-state index in [4.69, 9.17) is 21.1 Å². The van der Waals surface area contributed by atoms with Gasteiger partial charge < -0.3 is 19.4 Å². The van der Waals surface area contributed by atoms with Gasteiger partial charge in [-0.1, -0.05) is 35.9 Å². The zero-order valence-electron chi connectivity index (χ0n) is 15.0. The largest absolute Gasteiger partial charge is 0.454 e. The van der Waals surface area contributed by atoms with E-state index in [9.17, 15) is 4.79 Å². The third-order valence-electron chi connectivity index (χ3n) is 4.29. The molecule has 2 aromatic carbocycles. The molecule has 0 saturated carbocycles. The summed E-state index contributed by atoms with van der Waals surface area (Å²) in [7, 11) is 0. The highest BCUT2D eigenvalue weighted by atomic mass is 35.5. The first-order valence-electron chi connectivity index (χ1n) is 8.76. The molecule has 1 amide bonds. The Bertz CT molecular complexity index is 998. The fraction of sp³-hybridized carbons (Fsp3) is 0.143. The van der Waals surface area contributed by atoms with Gasteiger partial charge in [-0.15, -0.1) is 0 Å². The fourth-order valence-corrected chi connectivity index (χ4v) is 3.13. The number of aromatic nitrogens is 2. The van der Waals surface area contributed by atoms with Crippen LogP contribution in [0.1, 0.15) is 16.7 Å². The number of ether oxygens (including phenoxy) is 2. The first-order chi connectivity index (χ1) is 13.7. The summed E-state index contributed by atoms with van der Waals surface area (Å²) in [6, 6.07) is 11.6. The van der Waals surface area contributed by atoms with Crippen molar-refractivity contribution in [2.24, 2.45) is 0 Å². The maximum Gasteiger partial charge on any atom is 0.244 e. The van der Waals surface area contributed by atoms with Crippen molar-refractivity contribution >= 4 is 23.6 Å². The average Bonchev–Trinajstić information content (AvgIpc) is 3.38. The van der Waals surface area contributed by atoms with E-state index in [0.29, 0.717) is 23.1 Å². The van der Waals surface area contributed by atoms with Gasteiger partial charge in [0.15, 0.2) is 11.5 Å². The molecule has 0 aliphatic carbocycles. The van der Waals surface area contributed by atoms with E-state index in [2.05, 4.69) is 10.3 Å². The first kappa shape index (κ1) is 18.1. The molecule has 7 heteroatoms. The third kappa shape index (κ3) is 4.35. The molecule has 0 spiro atoms. The summed E-state index contributed by atoms with van der Waals surface area (Å²) in [5.41, 5.74) is 2.98. The van der Waals surface area contributed by atoms with Crippen LogP contribution in [-0.2, 0) is 17.9 Å².